The summed E-state index contributed by atoms with van der Waals surface area (Å²) in [4.78, 5) is 2.49. The van der Waals surface area contributed by atoms with Crippen LogP contribution in [0.4, 0.5) is 0 Å². The van der Waals surface area contributed by atoms with Gasteiger partial charge in [0.25, 0.3) is 0 Å². The molecule has 148 valence electrons. The predicted molar refractivity (Wildman–Crippen MR) is 122 cm³/mol. The molecule has 5 rings (SSSR count). The second kappa shape index (κ2) is 7.82. The summed E-state index contributed by atoms with van der Waals surface area (Å²) < 4.78 is 2.37. The molecule has 1 saturated heterocycles. The van der Waals surface area contributed by atoms with Crippen molar-refractivity contribution in [3.63, 3.8) is 0 Å². The van der Waals surface area contributed by atoms with Crippen LogP contribution in [0.5, 0.6) is 0 Å². The molecule has 0 radical (unpaired) electrons. The second-order valence-corrected chi connectivity index (χ2v) is 8.20. The highest BCUT2D eigenvalue weighted by atomic mass is 15.2. The lowest BCUT2D eigenvalue weighted by Crippen LogP contribution is -2.41. The molecule has 0 N–H and O–H groups in total. The van der Waals surface area contributed by atoms with Crippen LogP contribution in [-0.4, -0.2) is 22.6 Å². The standard InChI is InChI=1S/C27H25N3/c28-21-27(23-10-3-1-4-11-23)15-17-29(18-16-27)20-25-19-22-9-7-8-14-26(22)30(25)24-12-5-2-6-13-24/h1-14,19H,15-18,20H2. The first-order valence-corrected chi connectivity index (χ1v) is 10.6. The normalized spacial score (nSPS) is 16.4. The zero-order valence-corrected chi connectivity index (χ0v) is 17.0. The monoisotopic (exact) mass is 391 g/mol. The van der Waals surface area contributed by atoms with Crippen LogP contribution < -0.4 is 0 Å². The molecule has 0 spiro atoms. The van der Waals surface area contributed by atoms with Gasteiger partial charge in [-0.05, 0) is 42.7 Å². The van der Waals surface area contributed by atoms with Crippen molar-refractivity contribution in [1.29, 1.82) is 5.26 Å². The van der Waals surface area contributed by atoms with Crippen LogP contribution in [0.2, 0.25) is 0 Å². The third-order valence-corrected chi connectivity index (χ3v) is 6.44. The van der Waals surface area contributed by atoms with Gasteiger partial charge in [0.1, 0.15) is 0 Å². The molecule has 30 heavy (non-hydrogen) atoms. The van der Waals surface area contributed by atoms with E-state index in [-0.39, 0.29) is 5.41 Å². The Balaban J connectivity index is 1.42. The molecule has 3 nitrogen and oxygen atoms in total. The van der Waals surface area contributed by atoms with E-state index < -0.39 is 0 Å². The van der Waals surface area contributed by atoms with Crippen molar-refractivity contribution in [2.75, 3.05) is 13.1 Å². The predicted octanol–water partition coefficient (Wildman–Crippen LogP) is 5.69. The number of nitrogens with zero attached hydrogens (tertiary/aromatic N) is 3. The van der Waals surface area contributed by atoms with Gasteiger partial charge in [0, 0.05) is 36.4 Å². The van der Waals surface area contributed by atoms with Crippen molar-refractivity contribution in [3.05, 3.63) is 102 Å². The number of fused-ring (bicyclic) bond motifs is 1. The number of rotatable bonds is 4. The van der Waals surface area contributed by atoms with Crippen molar-refractivity contribution >= 4 is 10.9 Å². The molecule has 0 amide bonds. The lowest BCUT2D eigenvalue weighted by Gasteiger charge is -2.37. The summed E-state index contributed by atoms with van der Waals surface area (Å²) in [6.07, 6.45) is 1.75. The van der Waals surface area contributed by atoms with E-state index in [1.807, 2.05) is 18.2 Å². The van der Waals surface area contributed by atoms with E-state index in [0.29, 0.717) is 0 Å². The van der Waals surface area contributed by atoms with Crippen LogP contribution in [0.1, 0.15) is 24.1 Å². The first kappa shape index (κ1) is 18.7. The Kier molecular flexibility index (Phi) is 4.86. The van der Waals surface area contributed by atoms with Gasteiger partial charge in [-0.15, -0.1) is 0 Å². The molecule has 1 aliphatic rings. The molecule has 3 aromatic carbocycles. The molecule has 0 unspecified atom stereocenters. The molecule has 0 atom stereocenters. The minimum Gasteiger partial charge on any atom is -0.312 e. The Bertz CT molecular complexity index is 1180. The first-order chi connectivity index (χ1) is 14.8. The fourth-order valence-electron chi connectivity index (χ4n) is 4.75. The van der Waals surface area contributed by atoms with E-state index >= 15 is 0 Å². The SMILES string of the molecule is N#CC1(c2ccccc2)CCN(Cc2cc3ccccc3n2-c2ccccc2)CC1. The zero-order valence-electron chi connectivity index (χ0n) is 17.0. The quantitative estimate of drug-likeness (QED) is 0.448. The Morgan fingerprint density at radius 1 is 0.800 bits per heavy atom. The van der Waals surface area contributed by atoms with Crippen molar-refractivity contribution in [2.24, 2.45) is 0 Å². The number of hydrogen-bond acceptors (Lipinski definition) is 2. The molecule has 1 fully saturated rings. The van der Waals surface area contributed by atoms with E-state index in [1.165, 1.54) is 22.3 Å². The fraction of sp³-hybridized carbons (Fsp3) is 0.222. The maximum absolute atomic E-state index is 9.99. The summed E-state index contributed by atoms with van der Waals surface area (Å²) in [5.41, 5.74) is 4.54. The topological polar surface area (TPSA) is 32.0 Å². The average molecular weight is 392 g/mol. The number of aromatic nitrogens is 1. The Hall–Kier alpha value is -3.35. The zero-order chi connectivity index (χ0) is 20.4. The minimum absolute atomic E-state index is 0.357. The van der Waals surface area contributed by atoms with Crippen molar-refractivity contribution in [2.45, 2.75) is 24.8 Å². The van der Waals surface area contributed by atoms with Gasteiger partial charge in [0.05, 0.1) is 17.0 Å². The van der Waals surface area contributed by atoms with E-state index in [4.69, 9.17) is 0 Å². The van der Waals surface area contributed by atoms with E-state index in [1.54, 1.807) is 0 Å². The summed E-state index contributed by atoms with van der Waals surface area (Å²) in [6, 6.07) is 34.4. The summed E-state index contributed by atoms with van der Waals surface area (Å²) >= 11 is 0. The summed E-state index contributed by atoms with van der Waals surface area (Å²) in [6.45, 7) is 2.75. The summed E-state index contributed by atoms with van der Waals surface area (Å²) in [7, 11) is 0. The van der Waals surface area contributed by atoms with E-state index in [2.05, 4.69) is 88.3 Å². The van der Waals surface area contributed by atoms with Crippen LogP contribution in [0.25, 0.3) is 16.6 Å². The summed E-state index contributed by atoms with van der Waals surface area (Å²) in [5.74, 6) is 0. The highest BCUT2D eigenvalue weighted by Gasteiger charge is 2.36. The maximum Gasteiger partial charge on any atom is 0.0846 e. The number of para-hydroxylation sites is 2. The third kappa shape index (κ3) is 3.30. The molecule has 4 aromatic rings. The van der Waals surface area contributed by atoms with Gasteiger partial charge in [-0.3, -0.25) is 4.90 Å². The van der Waals surface area contributed by atoms with Gasteiger partial charge in [0.2, 0.25) is 0 Å². The molecule has 0 aliphatic carbocycles. The van der Waals surface area contributed by atoms with E-state index in [0.717, 1.165) is 38.0 Å². The third-order valence-electron chi connectivity index (χ3n) is 6.44. The number of nitriles is 1. The fourth-order valence-corrected chi connectivity index (χ4v) is 4.75. The van der Waals surface area contributed by atoms with Gasteiger partial charge in [-0.1, -0.05) is 66.7 Å². The Morgan fingerprint density at radius 3 is 2.13 bits per heavy atom. The van der Waals surface area contributed by atoms with Crippen LogP contribution in [0.3, 0.4) is 0 Å². The maximum atomic E-state index is 9.99. The number of benzene rings is 3. The number of piperidine rings is 1. The van der Waals surface area contributed by atoms with Crippen LogP contribution in [0, 0.1) is 11.3 Å². The van der Waals surface area contributed by atoms with Crippen LogP contribution in [0.15, 0.2) is 91.0 Å². The molecular weight excluding hydrogens is 366 g/mol. The number of likely N-dealkylation sites (tertiary alicyclic amines) is 1. The summed E-state index contributed by atoms with van der Waals surface area (Å²) in [5, 5.41) is 11.3. The van der Waals surface area contributed by atoms with Gasteiger partial charge in [-0.25, -0.2) is 0 Å². The molecule has 1 aliphatic heterocycles. The van der Waals surface area contributed by atoms with E-state index in [9.17, 15) is 5.26 Å². The lowest BCUT2D eigenvalue weighted by atomic mass is 9.74. The van der Waals surface area contributed by atoms with Crippen LogP contribution in [-0.2, 0) is 12.0 Å². The Labute approximate surface area is 177 Å². The second-order valence-electron chi connectivity index (χ2n) is 8.20. The first-order valence-electron chi connectivity index (χ1n) is 10.6. The van der Waals surface area contributed by atoms with Crippen molar-refractivity contribution in [1.82, 2.24) is 9.47 Å². The average Bonchev–Trinajstić information content (AvgIpc) is 3.19. The smallest absolute Gasteiger partial charge is 0.0846 e. The highest BCUT2D eigenvalue weighted by molar-refractivity contribution is 5.83. The van der Waals surface area contributed by atoms with Gasteiger partial charge in [0.15, 0.2) is 0 Å². The molecule has 0 saturated carbocycles. The molecular formula is C27H25N3. The van der Waals surface area contributed by atoms with Crippen LogP contribution >= 0.6 is 0 Å². The molecule has 2 heterocycles. The minimum atomic E-state index is -0.357. The lowest BCUT2D eigenvalue weighted by molar-refractivity contribution is 0.177. The van der Waals surface area contributed by atoms with Gasteiger partial charge < -0.3 is 4.57 Å². The molecule has 0 bridgehead atoms. The highest BCUT2D eigenvalue weighted by Crippen LogP contribution is 2.36. The van der Waals surface area contributed by atoms with Gasteiger partial charge in [-0.2, -0.15) is 5.26 Å². The molecule has 3 heteroatoms. The van der Waals surface area contributed by atoms with Crippen molar-refractivity contribution < 1.29 is 0 Å². The number of hydrogen-bond donors (Lipinski definition) is 0. The van der Waals surface area contributed by atoms with Crippen molar-refractivity contribution in [3.8, 4) is 11.8 Å². The molecule has 1 aromatic heterocycles. The largest absolute Gasteiger partial charge is 0.312 e. The Morgan fingerprint density at radius 2 is 1.43 bits per heavy atom. The van der Waals surface area contributed by atoms with Gasteiger partial charge >= 0.3 is 0 Å².